The highest BCUT2D eigenvalue weighted by atomic mass is 19.3. The van der Waals surface area contributed by atoms with Gasteiger partial charge in [0.25, 0.3) is 0 Å². The fourth-order valence-electron chi connectivity index (χ4n) is 3.59. The van der Waals surface area contributed by atoms with E-state index in [4.69, 9.17) is 9.47 Å². The van der Waals surface area contributed by atoms with E-state index in [0.717, 1.165) is 6.42 Å². The Morgan fingerprint density at radius 2 is 1.52 bits per heavy atom. The smallest absolute Gasteiger partial charge is 0.313 e. The number of alkyl halides is 4. The van der Waals surface area contributed by atoms with Crippen LogP contribution in [0, 0.1) is 16.2 Å². The molecule has 1 saturated carbocycles. The second-order valence-corrected chi connectivity index (χ2v) is 8.66. The van der Waals surface area contributed by atoms with Crippen molar-refractivity contribution >= 4 is 5.97 Å². The van der Waals surface area contributed by atoms with Gasteiger partial charge in [-0.3, -0.25) is 4.79 Å². The zero-order chi connectivity index (χ0) is 19.7. The van der Waals surface area contributed by atoms with E-state index in [1.165, 1.54) is 0 Å². The molecule has 0 heterocycles. The number of hydrogen-bond donors (Lipinski definition) is 0. The summed E-state index contributed by atoms with van der Waals surface area (Å²) in [5, 5.41) is 0. The number of rotatable bonds is 9. The summed E-state index contributed by atoms with van der Waals surface area (Å²) in [7, 11) is 0. The van der Waals surface area contributed by atoms with Gasteiger partial charge < -0.3 is 9.47 Å². The van der Waals surface area contributed by atoms with E-state index in [1.54, 1.807) is 0 Å². The van der Waals surface area contributed by atoms with Gasteiger partial charge in [-0.1, -0.05) is 34.6 Å². The van der Waals surface area contributed by atoms with Gasteiger partial charge in [-0.15, -0.1) is 0 Å². The minimum atomic E-state index is -4.04. The molecule has 1 aliphatic carbocycles. The molecule has 0 aromatic heterocycles. The lowest BCUT2D eigenvalue weighted by Crippen LogP contribution is -2.37. The van der Waals surface area contributed by atoms with Gasteiger partial charge in [0.15, 0.2) is 0 Å². The summed E-state index contributed by atoms with van der Waals surface area (Å²) in [5.74, 6) is -8.36. The van der Waals surface area contributed by atoms with Crippen molar-refractivity contribution in [2.75, 3.05) is 19.8 Å². The molecule has 0 aromatic rings. The zero-order valence-electron chi connectivity index (χ0n) is 16.0. The number of hydrogen-bond acceptors (Lipinski definition) is 3. The first-order valence-corrected chi connectivity index (χ1v) is 8.59. The maximum Gasteiger partial charge on any atom is 0.313 e. The summed E-state index contributed by atoms with van der Waals surface area (Å²) in [6.45, 7) is 10.3. The van der Waals surface area contributed by atoms with Crippen LogP contribution in [0.3, 0.4) is 0 Å². The van der Waals surface area contributed by atoms with Crippen molar-refractivity contribution in [3.05, 3.63) is 0 Å². The molecule has 25 heavy (non-hydrogen) atoms. The highest BCUT2D eigenvalue weighted by molar-refractivity contribution is 5.82. The predicted octanol–water partition coefficient (Wildman–Crippen LogP) is 5.08. The third kappa shape index (κ3) is 4.66. The second-order valence-electron chi connectivity index (χ2n) is 8.66. The summed E-state index contributed by atoms with van der Waals surface area (Å²) in [4.78, 5) is 12.5. The van der Waals surface area contributed by atoms with Crippen LogP contribution in [-0.2, 0) is 14.3 Å². The van der Waals surface area contributed by atoms with Gasteiger partial charge in [-0.2, -0.15) is 8.78 Å². The van der Waals surface area contributed by atoms with E-state index in [-0.39, 0.29) is 50.0 Å². The molecule has 0 bridgehead atoms. The fraction of sp³-hybridized carbons (Fsp3) is 0.944. The molecule has 0 radical (unpaired) electrons. The molecule has 0 N–H and O–H groups in total. The van der Waals surface area contributed by atoms with Gasteiger partial charge >= 0.3 is 17.8 Å². The van der Waals surface area contributed by atoms with E-state index in [0.29, 0.717) is 0 Å². The van der Waals surface area contributed by atoms with Crippen LogP contribution in [0.1, 0.15) is 60.8 Å². The van der Waals surface area contributed by atoms with E-state index in [1.807, 2.05) is 34.6 Å². The first kappa shape index (κ1) is 22.2. The van der Waals surface area contributed by atoms with Crippen LogP contribution in [0.4, 0.5) is 17.6 Å². The van der Waals surface area contributed by atoms with E-state index in [9.17, 15) is 22.4 Å². The molecule has 0 spiro atoms. The average molecular weight is 370 g/mol. The average Bonchev–Trinajstić information content (AvgIpc) is 3.00. The Balaban J connectivity index is 2.28. The Kier molecular flexibility index (Phi) is 6.25. The van der Waals surface area contributed by atoms with Gasteiger partial charge in [0.1, 0.15) is 6.61 Å². The third-order valence-corrected chi connectivity index (χ3v) is 5.25. The number of carbonyl (C=O) groups excluding carboxylic acids is 1. The monoisotopic (exact) mass is 370 g/mol. The van der Waals surface area contributed by atoms with Crippen LogP contribution in [-0.4, -0.2) is 37.6 Å². The first-order chi connectivity index (χ1) is 11.1. The van der Waals surface area contributed by atoms with E-state index in [2.05, 4.69) is 0 Å². The van der Waals surface area contributed by atoms with Crippen molar-refractivity contribution in [3.8, 4) is 0 Å². The van der Waals surface area contributed by atoms with Crippen LogP contribution >= 0.6 is 0 Å². The lowest BCUT2D eigenvalue weighted by atomic mass is 9.73. The summed E-state index contributed by atoms with van der Waals surface area (Å²) in [5.41, 5.74) is -0.889. The number of ether oxygens (including phenoxy) is 2. The quantitative estimate of drug-likeness (QED) is 0.323. The summed E-state index contributed by atoms with van der Waals surface area (Å²) >= 11 is 0. The number of carbonyl (C=O) groups is 1. The molecule has 148 valence electrons. The summed E-state index contributed by atoms with van der Waals surface area (Å²) in [6.07, 6.45) is -0.384. The molecular weight excluding hydrogens is 340 g/mol. The standard InChI is InChI=1S/C18H30F4O3/c1-14(2,3)17(12-15(17,4)5)13(23)25-11-10-24-9-7-8-18(21,22)16(6,19)20/h7-12H2,1-6H3. The minimum Gasteiger partial charge on any atom is -0.463 e. The first-order valence-electron chi connectivity index (χ1n) is 8.59. The van der Waals surface area contributed by atoms with Crippen molar-refractivity contribution < 1.29 is 31.8 Å². The molecule has 0 saturated heterocycles. The predicted molar refractivity (Wildman–Crippen MR) is 86.9 cm³/mol. The number of halogens is 4. The Bertz CT molecular complexity index is 478. The van der Waals surface area contributed by atoms with E-state index < -0.39 is 23.7 Å². The Labute approximate surface area is 147 Å². The molecular formula is C18H30F4O3. The molecule has 1 unspecified atom stereocenters. The molecule has 1 atom stereocenters. The fourth-order valence-corrected chi connectivity index (χ4v) is 3.59. The van der Waals surface area contributed by atoms with Crippen LogP contribution < -0.4 is 0 Å². The Morgan fingerprint density at radius 1 is 1.00 bits per heavy atom. The second kappa shape index (κ2) is 7.05. The zero-order valence-corrected chi connectivity index (χ0v) is 16.0. The number of esters is 1. The maximum atomic E-state index is 13.1. The maximum absolute atomic E-state index is 13.1. The molecule has 0 aromatic carbocycles. The molecule has 0 amide bonds. The van der Waals surface area contributed by atoms with Crippen molar-refractivity contribution in [1.82, 2.24) is 0 Å². The minimum absolute atomic E-state index is 0.0209. The van der Waals surface area contributed by atoms with Gasteiger partial charge in [-0.05, 0) is 23.7 Å². The molecule has 0 aliphatic heterocycles. The third-order valence-electron chi connectivity index (χ3n) is 5.25. The molecule has 1 rings (SSSR count). The highest BCUT2D eigenvalue weighted by Crippen LogP contribution is 2.72. The van der Waals surface area contributed by atoms with E-state index >= 15 is 0 Å². The molecule has 1 aliphatic rings. The Morgan fingerprint density at radius 3 is 1.92 bits per heavy atom. The lowest BCUT2D eigenvalue weighted by molar-refractivity contribution is -0.202. The summed E-state index contributed by atoms with van der Waals surface area (Å²) in [6, 6.07) is 0. The van der Waals surface area contributed by atoms with Crippen molar-refractivity contribution in [2.45, 2.75) is 72.6 Å². The Hall–Kier alpha value is -0.850. The van der Waals surface area contributed by atoms with Crippen LogP contribution in [0.25, 0.3) is 0 Å². The van der Waals surface area contributed by atoms with Crippen molar-refractivity contribution in [3.63, 3.8) is 0 Å². The SMILES string of the molecule is CC(C)(C)C1(C(=O)OCCOCCCC(F)(F)C(C)(F)F)CC1(C)C. The van der Waals surface area contributed by atoms with Gasteiger partial charge in [0.2, 0.25) is 0 Å². The molecule has 3 nitrogen and oxygen atoms in total. The van der Waals surface area contributed by atoms with Gasteiger partial charge in [0.05, 0.1) is 12.0 Å². The van der Waals surface area contributed by atoms with Crippen LogP contribution in [0.15, 0.2) is 0 Å². The molecule has 7 heteroatoms. The van der Waals surface area contributed by atoms with Gasteiger partial charge in [-0.25, -0.2) is 8.78 Å². The van der Waals surface area contributed by atoms with Crippen LogP contribution in [0.2, 0.25) is 0 Å². The topological polar surface area (TPSA) is 35.5 Å². The largest absolute Gasteiger partial charge is 0.463 e. The normalized spacial score (nSPS) is 23.4. The molecule has 1 fully saturated rings. The summed E-state index contributed by atoms with van der Waals surface area (Å²) < 4.78 is 61.8. The van der Waals surface area contributed by atoms with Crippen molar-refractivity contribution in [2.24, 2.45) is 16.2 Å². The highest BCUT2D eigenvalue weighted by Gasteiger charge is 2.72. The lowest BCUT2D eigenvalue weighted by Gasteiger charge is -2.32. The van der Waals surface area contributed by atoms with Gasteiger partial charge in [0, 0.05) is 20.0 Å². The van der Waals surface area contributed by atoms with Crippen molar-refractivity contribution in [1.29, 1.82) is 0 Å². The van der Waals surface area contributed by atoms with Crippen LogP contribution in [0.5, 0.6) is 0 Å².